The second kappa shape index (κ2) is 9.11. The molecule has 4 rings (SSSR count). The van der Waals surface area contributed by atoms with Gasteiger partial charge in [0, 0.05) is 14.1 Å². The Balaban J connectivity index is 1.80. The predicted molar refractivity (Wildman–Crippen MR) is 124 cm³/mol. The molecule has 0 amide bonds. The Hall–Kier alpha value is -2.50. The van der Waals surface area contributed by atoms with Gasteiger partial charge in [0.2, 0.25) is 0 Å². The van der Waals surface area contributed by atoms with Crippen molar-refractivity contribution in [2.24, 2.45) is 0 Å². The first-order valence-electron chi connectivity index (χ1n) is 10.6. The first-order chi connectivity index (χ1) is 14.6. The Morgan fingerprint density at radius 3 is 1.47 bits per heavy atom. The Bertz CT molecular complexity index is 862. The van der Waals surface area contributed by atoms with Crippen molar-refractivity contribution in [2.75, 3.05) is 28.2 Å². The third kappa shape index (κ3) is 4.05. The Kier molecular flexibility index (Phi) is 6.30. The van der Waals surface area contributed by atoms with Gasteiger partial charge in [-0.15, -0.1) is 0 Å². The van der Waals surface area contributed by atoms with Gasteiger partial charge in [-0.1, -0.05) is 91.0 Å². The van der Waals surface area contributed by atoms with E-state index in [1.807, 2.05) is 0 Å². The lowest BCUT2D eigenvalue weighted by Crippen LogP contribution is -2.49. The number of nitrogens with zero attached hydrogens (tertiary/aromatic N) is 3. The summed E-state index contributed by atoms with van der Waals surface area (Å²) in [4.78, 5) is 5.06. The van der Waals surface area contributed by atoms with Crippen molar-refractivity contribution in [3.8, 4) is 0 Å². The normalized spacial score (nSPS) is 21.9. The summed E-state index contributed by atoms with van der Waals surface area (Å²) in [6.45, 7) is 0. The number of hydrogen-bond donors (Lipinski definition) is 1. The third-order valence-electron chi connectivity index (χ3n) is 6.15. The van der Waals surface area contributed by atoms with Crippen molar-refractivity contribution in [3.63, 3.8) is 0 Å². The maximum Gasteiger partial charge on any atom is 0.0843 e. The highest BCUT2D eigenvalue weighted by Gasteiger charge is 2.48. The van der Waals surface area contributed by atoms with E-state index in [0.29, 0.717) is 0 Å². The Morgan fingerprint density at radius 2 is 1.07 bits per heavy atom. The molecule has 156 valence electrons. The molecule has 1 aliphatic heterocycles. The third-order valence-corrected chi connectivity index (χ3v) is 6.15. The van der Waals surface area contributed by atoms with E-state index in [1.165, 1.54) is 16.7 Å². The monoisotopic (exact) mass is 400 g/mol. The SMILES string of the molecule is CN(C)N[C@H](c1ccccc1)C1N(C)[C@@H](c2ccccc2)[C@H](c2ccccc2)N1C. The molecule has 1 N–H and O–H groups in total. The van der Waals surface area contributed by atoms with Crippen LogP contribution >= 0.6 is 0 Å². The quantitative estimate of drug-likeness (QED) is 0.616. The van der Waals surface area contributed by atoms with E-state index in [-0.39, 0.29) is 24.3 Å². The van der Waals surface area contributed by atoms with E-state index in [9.17, 15) is 0 Å². The fourth-order valence-electron chi connectivity index (χ4n) is 4.92. The molecule has 0 unspecified atom stereocenters. The van der Waals surface area contributed by atoms with Crippen LogP contribution in [0.1, 0.15) is 34.8 Å². The molecular formula is C26H32N4. The topological polar surface area (TPSA) is 21.8 Å². The average molecular weight is 401 g/mol. The zero-order valence-corrected chi connectivity index (χ0v) is 18.3. The van der Waals surface area contributed by atoms with Crippen molar-refractivity contribution < 1.29 is 0 Å². The van der Waals surface area contributed by atoms with Crippen LogP contribution < -0.4 is 5.43 Å². The summed E-state index contributed by atoms with van der Waals surface area (Å²) in [6.07, 6.45) is 0.185. The molecule has 4 heteroatoms. The molecule has 3 aromatic carbocycles. The summed E-state index contributed by atoms with van der Waals surface area (Å²) in [7, 11) is 8.65. The van der Waals surface area contributed by atoms with Crippen LogP contribution in [0.3, 0.4) is 0 Å². The number of likely N-dealkylation sites (N-methyl/N-ethyl adjacent to an activating group) is 2. The maximum absolute atomic E-state index is 3.69. The van der Waals surface area contributed by atoms with Crippen molar-refractivity contribution in [2.45, 2.75) is 24.3 Å². The summed E-state index contributed by atoms with van der Waals surface area (Å²) >= 11 is 0. The second-order valence-corrected chi connectivity index (χ2v) is 8.37. The number of hydrazine groups is 1. The van der Waals surface area contributed by atoms with E-state index >= 15 is 0 Å². The van der Waals surface area contributed by atoms with Crippen molar-refractivity contribution in [1.29, 1.82) is 0 Å². The van der Waals surface area contributed by atoms with Gasteiger partial charge in [0.15, 0.2) is 0 Å². The van der Waals surface area contributed by atoms with E-state index < -0.39 is 0 Å². The highest BCUT2D eigenvalue weighted by Crippen LogP contribution is 2.48. The van der Waals surface area contributed by atoms with Crippen molar-refractivity contribution in [3.05, 3.63) is 108 Å². The standard InChI is InChI=1S/C26H32N4/c1-28(2)27-23(20-14-8-5-9-15-20)26-29(3)24(21-16-10-6-11-17-21)25(30(26)4)22-18-12-7-13-19-22/h5-19,23-27H,1-4H3/t23-,24+,25+/m1/s1. The second-order valence-electron chi connectivity index (χ2n) is 8.37. The van der Waals surface area contributed by atoms with Gasteiger partial charge < -0.3 is 0 Å². The minimum atomic E-state index is 0.135. The fraction of sp³-hybridized carbons (Fsp3) is 0.308. The molecule has 1 saturated heterocycles. The molecule has 1 heterocycles. The zero-order chi connectivity index (χ0) is 21.1. The van der Waals surface area contributed by atoms with Crippen LogP contribution in [0.5, 0.6) is 0 Å². The number of hydrogen-bond acceptors (Lipinski definition) is 4. The number of benzene rings is 3. The average Bonchev–Trinajstić information content (AvgIpc) is 3.04. The Morgan fingerprint density at radius 1 is 0.667 bits per heavy atom. The summed E-state index contributed by atoms with van der Waals surface area (Å²) in [6, 6.07) is 33.2. The first kappa shape index (κ1) is 20.8. The van der Waals surface area contributed by atoms with Crippen LogP contribution in [0.25, 0.3) is 0 Å². The van der Waals surface area contributed by atoms with E-state index in [0.717, 1.165) is 0 Å². The maximum atomic E-state index is 3.69. The molecule has 0 aliphatic carbocycles. The molecule has 0 aromatic heterocycles. The molecule has 4 nitrogen and oxygen atoms in total. The predicted octanol–water partition coefficient (Wildman–Crippen LogP) is 4.48. The van der Waals surface area contributed by atoms with Crippen LogP contribution in [0.15, 0.2) is 91.0 Å². The van der Waals surface area contributed by atoms with Gasteiger partial charge in [-0.3, -0.25) is 9.80 Å². The van der Waals surface area contributed by atoms with Crippen LogP contribution in [-0.2, 0) is 0 Å². The van der Waals surface area contributed by atoms with Gasteiger partial charge in [0.1, 0.15) is 0 Å². The molecule has 3 atom stereocenters. The molecule has 3 aromatic rings. The van der Waals surface area contributed by atoms with Crippen LogP contribution in [0.2, 0.25) is 0 Å². The molecule has 0 radical (unpaired) electrons. The molecule has 1 fully saturated rings. The van der Waals surface area contributed by atoms with Gasteiger partial charge in [-0.25, -0.2) is 10.4 Å². The van der Waals surface area contributed by atoms with Gasteiger partial charge in [-0.2, -0.15) is 0 Å². The highest BCUT2D eigenvalue weighted by atomic mass is 15.5. The lowest BCUT2D eigenvalue weighted by atomic mass is 9.93. The lowest BCUT2D eigenvalue weighted by Gasteiger charge is -2.37. The van der Waals surface area contributed by atoms with Gasteiger partial charge in [0.05, 0.1) is 24.3 Å². The minimum absolute atomic E-state index is 0.135. The van der Waals surface area contributed by atoms with Crippen LogP contribution in [-0.4, -0.2) is 49.2 Å². The lowest BCUT2D eigenvalue weighted by molar-refractivity contribution is 0.0788. The van der Waals surface area contributed by atoms with Crippen molar-refractivity contribution >= 4 is 0 Å². The molecule has 0 saturated carbocycles. The van der Waals surface area contributed by atoms with E-state index in [1.54, 1.807) is 0 Å². The minimum Gasteiger partial charge on any atom is -0.280 e. The van der Waals surface area contributed by atoms with Gasteiger partial charge in [0.25, 0.3) is 0 Å². The van der Waals surface area contributed by atoms with E-state index in [4.69, 9.17) is 0 Å². The summed E-state index contributed by atoms with van der Waals surface area (Å²) in [5.41, 5.74) is 7.67. The van der Waals surface area contributed by atoms with Crippen LogP contribution in [0.4, 0.5) is 0 Å². The number of rotatable bonds is 6. The van der Waals surface area contributed by atoms with E-state index in [2.05, 4.69) is 139 Å². The molecule has 0 spiro atoms. The fourth-order valence-corrected chi connectivity index (χ4v) is 4.92. The van der Waals surface area contributed by atoms with Crippen molar-refractivity contribution in [1.82, 2.24) is 20.2 Å². The number of nitrogens with one attached hydrogen (secondary N) is 1. The smallest absolute Gasteiger partial charge is 0.0843 e. The summed E-state index contributed by atoms with van der Waals surface area (Å²) in [5.74, 6) is 0. The summed E-state index contributed by atoms with van der Waals surface area (Å²) in [5, 5.41) is 2.06. The van der Waals surface area contributed by atoms with Gasteiger partial charge >= 0.3 is 0 Å². The summed E-state index contributed by atoms with van der Waals surface area (Å²) < 4.78 is 0. The largest absolute Gasteiger partial charge is 0.280 e. The van der Waals surface area contributed by atoms with Gasteiger partial charge in [-0.05, 0) is 30.8 Å². The zero-order valence-electron chi connectivity index (χ0n) is 18.3. The Labute approximate surface area is 180 Å². The molecule has 30 heavy (non-hydrogen) atoms. The van der Waals surface area contributed by atoms with Crippen LogP contribution in [0, 0.1) is 0 Å². The molecule has 0 bridgehead atoms. The molecular weight excluding hydrogens is 368 g/mol. The molecule has 1 aliphatic rings. The first-order valence-corrected chi connectivity index (χ1v) is 10.6. The highest BCUT2D eigenvalue weighted by molar-refractivity contribution is 5.31.